The highest BCUT2D eigenvalue weighted by molar-refractivity contribution is 5.85. The van der Waals surface area contributed by atoms with Crippen molar-refractivity contribution in [2.75, 3.05) is 51.3 Å². The third-order valence-electron chi connectivity index (χ3n) is 4.70. The number of methoxy groups -OCH3 is 1. The van der Waals surface area contributed by atoms with Crippen LogP contribution < -0.4 is 14.4 Å². The maximum Gasteiger partial charge on any atom is 0.142 e. The smallest absolute Gasteiger partial charge is 0.142 e. The molecule has 0 amide bonds. The summed E-state index contributed by atoms with van der Waals surface area (Å²) >= 11 is 0. The van der Waals surface area contributed by atoms with E-state index in [1.807, 2.05) is 49.4 Å². The first-order valence-electron chi connectivity index (χ1n) is 9.13. The van der Waals surface area contributed by atoms with E-state index in [1.54, 1.807) is 7.11 Å². The molecule has 5 nitrogen and oxygen atoms in total. The number of halogens is 1. The minimum Gasteiger partial charge on any atom is -0.495 e. The van der Waals surface area contributed by atoms with Gasteiger partial charge in [-0.1, -0.05) is 24.3 Å². The van der Waals surface area contributed by atoms with E-state index in [0.29, 0.717) is 13.2 Å². The highest BCUT2D eigenvalue weighted by Gasteiger charge is 2.21. The number of hydrogen-bond acceptors (Lipinski definition) is 5. The van der Waals surface area contributed by atoms with Crippen LogP contribution in [-0.2, 0) is 0 Å². The van der Waals surface area contributed by atoms with Crippen LogP contribution in [-0.4, -0.2) is 62.6 Å². The fourth-order valence-corrected chi connectivity index (χ4v) is 3.31. The van der Waals surface area contributed by atoms with Crippen LogP contribution in [0.4, 0.5) is 5.69 Å². The molecule has 2 aromatic rings. The lowest BCUT2D eigenvalue weighted by Crippen LogP contribution is -2.49. The number of rotatable bonds is 7. The first-order valence-corrected chi connectivity index (χ1v) is 9.13. The van der Waals surface area contributed by atoms with Gasteiger partial charge in [0.15, 0.2) is 0 Å². The molecule has 1 atom stereocenters. The summed E-state index contributed by atoms with van der Waals surface area (Å²) in [6.07, 6.45) is -0.492. The highest BCUT2D eigenvalue weighted by Crippen LogP contribution is 2.28. The molecule has 27 heavy (non-hydrogen) atoms. The first-order chi connectivity index (χ1) is 12.7. The van der Waals surface area contributed by atoms with Crippen molar-refractivity contribution in [2.24, 2.45) is 0 Å². The number of aliphatic hydroxyl groups excluding tert-OH is 1. The summed E-state index contributed by atoms with van der Waals surface area (Å²) < 4.78 is 11.2. The van der Waals surface area contributed by atoms with Gasteiger partial charge in [0, 0.05) is 32.7 Å². The summed E-state index contributed by atoms with van der Waals surface area (Å²) in [4.78, 5) is 4.63. The van der Waals surface area contributed by atoms with Crippen LogP contribution in [0.3, 0.4) is 0 Å². The van der Waals surface area contributed by atoms with Gasteiger partial charge in [-0.2, -0.15) is 0 Å². The topological polar surface area (TPSA) is 45.2 Å². The molecule has 1 saturated heterocycles. The van der Waals surface area contributed by atoms with Gasteiger partial charge < -0.3 is 19.5 Å². The van der Waals surface area contributed by atoms with Crippen molar-refractivity contribution < 1.29 is 14.6 Å². The molecule has 0 aliphatic carbocycles. The average Bonchev–Trinajstić information content (AvgIpc) is 2.67. The van der Waals surface area contributed by atoms with Crippen molar-refractivity contribution in [2.45, 2.75) is 13.0 Å². The van der Waals surface area contributed by atoms with Gasteiger partial charge in [-0.15, -0.1) is 12.4 Å². The molecule has 1 fully saturated rings. The van der Waals surface area contributed by atoms with Crippen molar-refractivity contribution in [1.29, 1.82) is 0 Å². The monoisotopic (exact) mass is 392 g/mol. The SMILES string of the molecule is COc1ccccc1N1CCN(CC(O)COc2cccc(C)c2)CC1.Cl. The van der Waals surface area contributed by atoms with Crippen LogP contribution in [0.5, 0.6) is 11.5 Å². The van der Waals surface area contributed by atoms with Gasteiger partial charge in [-0.25, -0.2) is 0 Å². The van der Waals surface area contributed by atoms with E-state index in [2.05, 4.69) is 15.9 Å². The van der Waals surface area contributed by atoms with Crippen molar-refractivity contribution in [3.8, 4) is 11.5 Å². The standard InChI is InChI=1S/C21H28N2O3.ClH/c1-17-6-5-7-19(14-17)26-16-18(24)15-22-10-12-23(13-11-22)20-8-3-4-9-21(20)25-2;/h3-9,14,18,24H,10-13,15-16H2,1-2H3;1H. The van der Waals surface area contributed by atoms with E-state index in [0.717, 1.165) is 48.9 Å². The Balaban J connectivity index is 0.00000261. The molecule has 2 aromatic carbocycles. The summed E-state index contributed by atoms with van der Waals surface area (Å²) in [5.74, 6) is 1.72. The lowest BCUT2D eigenvalue weighted by atomic mass is 10.2. The Morgan fingerprint density at radius 2 is 1.78 bits per heavy atom. The lowest BCUT2D eigenvalue weighted by molar-refractivity contribution is 0.0662. The molecule has 3 rings (SSSR count). The summed E-state index contributed by atoms with van der Waals surface area (Å²) in [6.45, 7) is 6.66. The molecule has 1 N–H and O–H groups in total. The molecule has 148 valence electrons. The predicted octanol–water partition coefficient (Wildman–Crippen LogP) is 2.99. The number of hydrogen-bond donors (Lipinski definition) is 1. The Bertz CT molecular complexity index is 705. The van der Waals surface area contributed by atoms with Crippen LogP contribution in [0.1, 0.15) is 5.56 Å². The summed E-state index contributed by atoms with van der Waals surface area (Å²) in [5, 5.41) is 10.3. The second kappa shape index (κ2) is 10.4. The maximum atomic E-state index is 10.3. The second-order valence-electron chi connectivity index (χ2n) is 6.74. The van der Waals surface area contributed by atoms with Gasteiger partial charge in [0.2, 0.25) is 0 Å². The summed E-state index contributed by atoms with van der Waals surface area (Å²) in [7, 11) is 1.71. The maximum absolute atomic E-state index is 10.3. The van der Waals surface area contributed by atoms with Gasteiger partial charge in [-0.3, -0.25) is 4.90 Å². The number of nitrogens with zero attached hydrogens (tertiary/aromatic N) is 2. The molecular weight excluding hydrogens is 364 g/mol. The van der Waals surface area contributed by atoms with E-state index in [4.69, 9.17) is 9.47 Å². The van der Waals surface area contributed by atoms with Crippen molar-refractivity contribution in [1.82, 2.24) is 4.90 Å². The number of aryl methyl sites for hydroxylation is 1. The molecule has 0 saturated carbocycles. The molecule has 0 bridgehead atoms. The van der Waals surface area contributed by atoms with E-state index in [9.17, 15) is 5.11 Å². The van der Waals surface area contributed by atoms with Crippen LogP contribution in [0.15, 0.2) is 48.5 Å². The molecule has 0 aromatic heterocycles. The third-order valence-corrected chi connectivity index (χ3v) is 4.70. The van der Waals surface area contributed by atoms with E-state index >= 15 is 0 Å². The number of β-amino-alcohol motifs (C(OH)–C–C–N with tert-alkyl or cyclic N) is 1. The third kappa shape index (κ3) is 6.03. The minimum absolute atomic E-state index is 0. The van der Waals surface area contributed by atoms with Crippen LogP contribution in [0.2, 0.25) is 0 Å². The van der Waals surface area contributed by atoms with E-state index < -0.39 is 6.10 Å². The number of aliphatic hydroxyl groups is 1. The Kier molecular flexibility index (Phi) is 8.23. The van der Waals surface area contributed by atoms with Gasteiger partial charge in [-0.05, 0) is 36.8 Å². The van der Waals surface area contributed by atoms with Crippen molar-refractivity contribution >= 4 is 18.1 Å². The lowest BCUT2D eigenvalue weighted by Gasteiger charge is -2.37. The molecule has 1 aliphatic heterocycles. The van der Waals surface area contributed by atoms with E-state index in [-0.39, 0.29) is 12.4 Å². The predicted molar refractivity (Wildman–Crippen MR) is 112 cm³/mol. The Morgan fingerprint density at radius 3 is 2.48 bits per heavy atom. The zero-order chi connectivity index (χ0) is 18.4. The van der Waals surface area contributed by atoms with Crippen LogP contribution in [0, 0.1) is 6.92 Å². The quantitative estimate of drug-likeness (QED) is 0.784. The number of anilines is 1. The molecule has 1 aliphatic rings. The van der Waals surface area contributed by atoms with E-state index in [1.165, 1.54) is 0 Å². The normalized spacial score (nSPS) is 15.7. The van der Waals surface area contributed by atoms with Gasteiger partial charge >= 0.3 is 0 Å². The van der Waals surface area contributed by atoms with Gasteiger partial charge in [0.05, 0.1) is 12.8 Å². The average molecular weight is 393 g/mol. The molecule has 6 heteroatoms. The Morgan fingerprint density at radius 1 is 1.04 bits per heavy atom. The Labute approximate surface area is 167 Å². The molecule has 0 radical (unpaired) electrons. The second-order valence-corrected chi connectivity index (χ2v) is 6.74. The molecule has 1 unspecified atom stereocenters. The van der Waals surface area contributed by atoms with Gasteiger partial charge in [0.25, 0.3) is 0 Å². The number of ether oxygens (including phenoxy) is 2. The molecule has 1 heterocycles. The number of para-hydroxylation sites is 2. The highest BCUT2D eigenvalue weighted by atomic mass is 35.5. The van der Waals surface area contributed by atoms with Crippen LogP contribution >= 0.6 is 12.4 Å². The molecule has 0 spiro atoms. The first kappa shape index (κ1) is 21.4. The summed E-state index contributed by atoms with van der Waals surface area (Å²) in [6, 6.07) is 16.0. The zero-order valence-corrected chi connectivity index (χ0v) is 16.8. The minimum atomic E-state index is -0.492. The Hall–Kier alpha value is -1.95. The fourth-order valence-electron chi connectivity index (χ4n) is 3.31. The fraction of sp³-hybridized carbons (Fsp3) is 0.429. The molecular formula is C21H29ClN2O3. The number of benzene rings is 2. The van der Waals surface area contributed by atoms with Crippen molar-refractivity contribution in [3.05, 3.63) is 54.1 Å². The number of piperazine rings is 1. The largest absolute Gasteiger partial charge is 0.495 e. The zero-order valence-electron chi connectivity index (χ0n) is 16.0. The van der Waals surface area contributed by atoms with Gasteiger partial charge in [0.1, 0.15) is 24.2 Å². The summed E-state index contributed by atoms with van der Waals surface area (Å²) in [5.41, 5.74) is 2.29. The van der Waals surface area contributed by atoms with Crippen LogP contribution in [0.25, 0.3) is 0 Å². The van der Waals surface area contributed by atoms with Crippen molar-refractivity contribution in [3.63, 3.8) is 0 Å².